The molecule has 0 bridgehead atoms. The monoisotopic (exact) mass is 288 g/mol. The minimum absolute atomic E-state index is 0.201. The first-order chi connectivity index (χ1) is 10.0. The fraction of sp³-hybridized carbons (Fsp3) is 0.684. The summed E-state index contributed by atoms with van der Waals surface area (Å²) in [5, 5.41) is 3.78. The topological polar surface area (TPSA) is 15.3 Å². The van der Waals surface area contributed by atoms with Gasteiger partial charge in [-0.1, -0.05) is 43.2 Å². The van der Waals surface area contributed by atoms with Crippen molar-refractivity contribution in [2.75, 3.05) is 19.6 Å². The van der Waals surface area contributed by atoms with Gasteiger partial charge < -0.3 is 5.32 Å². The van der Waals surface area contributed by atoms with Crippen LogP contribution in [0.25, 0.3) is 0 Å². The van der Waals surface area contributed by atoms with Crippen LogP contribution in [0.2, 0.25) is 0 Å². The molecule has 0 aliphatic carbocycles. The highest BCUT2D eigenvalue weighted by Gasteiger charge is 2.39. The van der Waals surface area contributed by atoms with Crippen molar-refractivity contribution >= 4 is 0 Å². The maximum atomic E-state index is 3.78. The van der Waals surface area contributed by atoms with E-state index in [1.54, 1.807) is 0 Å². The number of benzene rings is 1. The first-order valence-electron chi connectivity index (χ1n) is 8.58. The van der Waals surface area contributed by atoms with E-state index in [2.05, 4.69) is 63.0 Å². The van der Waals surface area contributed by atoms with E-state index in [9.17, 15) is 0 Å². The Balaban J connectivity index is 2.39. The Morgan fingerprint density at radius 1 is 1.10 bits per heavy atom. The minimum Gasteiger partial charge on any atom is -0.309 e. The molecule has 2 rings (SSSR count). The zero-order valence-electron chi connectivity index (χ0n) is 14.5. The van der Waals surface area contributed by atoms with E-state index in [1.165, 1.54) is 49.0 Å². The van der Waals surface area contributed by atoms with Crippen molar-refractivity contribution in [3.05, 3.63) is 34.9 Å². The Kier molecular flexibility index (Phi) is 5.45. The fourth-order valence-electron chi connectivity index (χ4n) is 3.92. The summed E-state index contributed by atoms with van der Waals surface area (Å²) in [5.74, 6) is 0. The summed E-state index contributed by atoms with van der Waals surface area (Å²) in [7, 11) is 0. The van der Waals surface area contributed by atoms with Gasteiger partial charge in [0.15, 0.2) is 0 Å². The fourth-order valence-corrected chi connectivity index (χ4v) is 3.92. The van der Waals surface area contributed by atoms with Gasteiger partial charge in [-0.2, -0.15) is 0 Å². The van der Waals surface area contributed by atoms with Gasteiger partial charge in [0.2, 0.25) is 0 Å². The molecule has 2 heteroatoms. The molecule has 1 N–H and O–H groups in total. The summed E-state index contributed by atoms with van der Waals surface area (Å²) >= 11 is 0. The van der Waals surface area contributed by atoms with Crippen molar-refractivity contribution in [2.45, 2.75) is 65.5 Å². The first-order valence-corrected chi connectivity index (χ1v) is 8.58. The lowest BCUT2D eigenvalue weighted by molar-refractivity contribution is 0.0846. The summed E-state index contributed by atoms with van der Waals surface area (Å²) in [5.41, 5.74) is 4.39. The molecular formula is C19H32N2. The third-order valence-corrected chi connectivity index (χ3v) is 5.15. The average Bonchev–Trinajstić information content (AvgIpc) is 2.97. The number of hydrogen-bond donors (Lipinski definition) is 1. The summed E-state index contributed by atoms with van der Waals surface area (Å²) < 4.78 is 0. The van der Waals surface area contributed by atoms with E-state index in [1.807, 2.05) is 0 Å². The predicted molar refractivity (Wildman–Crippen MR) is 91.8 cm³/mol. The predicted octanol–water partition coefficient (Wildman–Crippen LogP) is 4.22. The summed E-state index contributed by atoms with van der Waals surface area (Å²) in [6, 6.07) is 7.41. The van der Waals surface area contributed by atoms with Gasteiger partial charge in [0.05, 0.1) is 6.04 Å². The lowest BCUT2D eigenvalue weighted by Gasteiger charge is -2.45. The normalized spacial score (nSPS) is 20.4. The third-order valence-electron chi connectivity index (χ3n) is 5.15. The lowest BCUT2D eigenvalue weighted by atomic mass is 9.82. The highest BCUT2D eigenvalue weighted by atomic mass is 15.2. The third kappa shape index (κ3) is 3.49. The molecule has 118 valence electrons. The number of nitrogens with one attached hydrogen (secondary N) is 1. The molecule has 1 fully saturated rings. The molecule has 0 radical (unpaired) electrons. The Bertz CT molecular complexity index is 442. The molecule has 21 heavy (non-hydrogen) atoms. The molecule has 0 saturated carbocycles. The molecule has 2 atom stereocenters. The van der Waals surface area contributed by atoms with Crippen LogP contribution in [0, 0.1) is 13.8 Å². The highest BCUT2D eigenvalue weighted by molar-refractivity contribution is 5.32. The molecule has 1 aliphatic heterocycles. The van der Waals surface area contributed by atoms with Gasteiger partial charge in [0.25, 0.3) is 0 Å². The van der Waals surface area contributed by atoms with Gasteiger partial charge in [-0.15, -0.1) is 0 Å². The number of hydrogen-bond acceptors (Lipinski definition) is 2. The second-order valence-electron chi connectivity index (χ2n) is 6.82. The van der Waals surface area contributed by atoms with Crippen molar-refractivity contribution in [2.24, 2.45) is 0 Å². The second-order valence-corrected chi connectivity index (χ2v) is 6.82. The first kappa shape index (κ1) is 16.5. The maximum absolute atomic E-state index is 3.78. The number of likely N-dealkylation sites (tertiary alicyclic amines) is 1. The largest absolute Gasteiger partial charge is 0.309 e. The second kappa shape index (κ2) is 6.93. The van der Waals surface area contributed by atoms with Crippen LogP contribution in [-0.2, 0) is 0 Å². The minimum atomic E-state index is 0.201. The van der Waals surface area contributed by atoms with Gasteiger partial charge in [-0.3, -0.25) is 4.90 Å². The summed E-state index contributed by atoms with van der Waals surface area (Å²) in [4.78, 5) is 2.71. The van der Waals surface area contributed by atoms with Gasteiger partial charge >= 0.3 is 0 Å². The Morgan fingerprint density at radius 3 is 2.14 bits per heavy atom. The quantitative estimate of drug-likeness (QED) is 0.843. The lowest BCUT2D eigenvalue weighted by Crippen LogP contribution is -2.53. The SMILES string of the molecule is CCNC(c1cc(C)cc(C)c1)C(C)(CC)N1CCCC1. The van der Waals surface area contributed by atoms with E-state index in [4.69, 9.17) is 0 Å². The molecule has 0 spiro atoms. The molecule has 0 aromatic heterocycles. The zero-order valence-corrected chi connectivity index (χ0v) is 14.5. The van der Waals surface area contributed by atoms with Gasteiger partial charge in [0, 0.05) is 5.54 Å². The van der Waals surface area contributed by atoms with Crippen molar-refractivity contribution in [1.82, 2.24) is 10.2 Å². The molecule has 2 unspecified atom stereocenters. The van der Waals surface area contributed by atoms with Crippen LogP contribution in [0.15, 0.2) is 18.2 Å². The average molecular weight is 288 g/mol. The molecular weight excluding hydrogens is 256 g/mol. The van der Waals surface area contributed by atoms with Crippen LogP contribution in [-0.4, -0.2) is 30.1 Å². The summed E-state index contributed by atoms with van der Waals surface area (Å²) in [6.07, 6.45) is 3.88. The van der Waals surface area contributed by atoms with E-state index in [0.29, 0.717) is 6.04 Å². The van der Waals surface area contributed by atoms with Crippen LogP contribution >= 0.6 is 0 Å². The van der Waals surface area contributed by atoms with Crippen molar-refractivity contribution in [1.29, 1.82) is 0 Å². The summed E-state index contributed by atoms with van der Waals surface area (Å²) in [6.45, 7) is 14.9. The van der Waals surface area contributed by atoms with Gasteiger partial charge in [-0.25, -0.2) is 0 Å². The van der Waals surface area contributed by atoms with Crippen LogP contribution in [0.3, 0.4) is 0 Å². The van der Waals surface area contributed by atoms with Crippen molar-refractivity contribution < 1.29 is 0 Å². The number of aryl methyl sites for hydroxylation is 2. The number of likely N-dealkylation sites (N-methyl/N-ethyl adjacent to an activating group) is 1. The molecule has 1 aliphatic rings. The van der Waals surface area contributed by atoms with E-state index < -0.39 is 0 Å². The van der Waals surface area contributed by atoms with E-state index in [-0.39, 0.29) is 5.54 Å². The van der Waals surface area contributed by atoms with E-state index >= 15 is 0 Å². The molecule has 1 aromatic rings. The molecule has 0 amide bonds. The zero-order chi connectivity index (χ0) is 15.5. The Labute approximate surface area is 130 Å². The van der Waals surface area contributed by atoms with Crippen molar-refractivity contribution in [3.8, 4) is 0 Å². The Morgan fingerprint density at radius 2 is 1.67 bits per heavy atom. The van der Waals surface area contributed by atoms with Crippen LogP contribution < -0.4 is 5.32 Å². The van der Waals surface area contributed by atoms with E-state index in [0.717, 1.165) is 6.54 Å². The smallest absolute Gasteiger partial charge is 0.0504 e. The standard InChI is InChI=1S/C19H32N2/c1-6-19(5,21-10-8-9-11-21)18(20-7-2)17-13-15(3)12-16(4)14-17/h12-14,18,20H,6-11H2,1-5H3. The number of nitrogens with zero attached hydrogens (tertiary/aromatic N) is 1. The number of rotatable bonds is 6. The molecule has 1 heterocycles. The molecule has 1 saturated heterocycles. The van der Waals surface area contributed by atoms with Crippen molar-refractivity contribution in [3.63, 3.8) is 0 Å². The molecule has 2 nitrogen and oxygen atoms in total. The van der Waals surface area contributed by atoms with Crippen LogP contribution in [0.1, 0.15) is 62.8 Å². The van der Waals surface area contributed by atoms with Gasteiger partial charge in [0.1, 0.15) is 0 Å². The maximum Gasteiger partial charge on any atom is 0.0504 e. The Hall–Kier alpha value is -0.860. The highest BCUT2D eigenvalue weighted by Crippen LogP contribution is 2.37. The van der Waals surface area contributed by atoms with Crippen LogP contribution in [0.4, 0.5) is 0 Å². The van der Waals surface area contributed by atoms with Crippen LogP contribution in [0.5, 0.6) is 0 Å². The van der Waals surface area contributed by atoms with Gasteiger partial charge in [-0.05, 0) is 65.2 Å². The molecule has 1 aromatic carbocycles.